The Morgan fingerprint density at radius 3 is 2.14 bits per heavy atom. The van der Waals surface area contributed by atoms with Gasteiger partial charge in [-0.2, -0.15) is 0 Å². The van der Waals surface area contributed by atoms with Crippen LogP contribution in [0.1, 0.15) is 26.7 Å². The number of nitrogens with zero attached hydrogens (tertiary/aromatic N) is 1. The zero-order valence-electron chi connectivity index (χ0n) is 9.24. The topological polar surface area (TPSA) is 21.7 Å². The van der Waals surface area contributed by atoms with E-state index in [4.69, 9.17) is 9.47 Å². The third kappa shape index (κ3) is 2.27. The molecule has 2 rings (SSSR count). The van der Waals surface area contributed by atoms with Crippen molar-refractivity contribution in [3.8, 4) is 0 Å². The van der Waals surface area contributed by atoms with Gasteiger partial charge in [0.25, 0.3) is 0 Å². The predicted octanol–water partition coefficient (Wildman–Crippen LogP) is 1.48. The van der Waals surface area contributed by atoms with E-state index < -0.39 is 0 Å². The summed E-state index contributed by atoms with van der Waals surface area (Å²) >= 11 is 0. The maximum atomic E-state index is 5.55. The van der Waals surface area contributed by atoms with Crippen LogP contribution in [0.2, 0.25) is 0 Å². The molecule has 0 saturated carbocycles. The van der Waals surface area contributed by atoms with Gasteiger partial charge in [0.15, 0.2) is 6.29 Å². The van der Waals surface area contributed by atoms with Crippen molar-refractivity contribution in [2.45, 2.75) is 39.0 Å². The Hall–Kier alpha value is -0.120. The van der Waals surface area contributed by atoms with Crippen LogP contribution in [0.15, 0.2) is 0 Å². The van der Waals surface area contributed by atoms with Gasteiger partial charge in [0, 0.05) is 12.0 Å². The fourth-order valence-corrected chi connectivity index (χ4v) is 2.36. The fourth-order valence-electron chi connectivity index (χ4n) is 2.36. The quantitative estimate of drug-likeness (QED) is 0.672. The number of likely N-dealkylation sites (tertiary alicyclic amines) is 1. The van der Waals surface area contributed by atoms with Crippen molar-refractivity contribution >= 4 is 0 Å². The Kier molecular flexibility index (Phi) is 3.42. The first kappa shape index (κ1) is 10.4. The summed E-state index contributed by atoms with van der Waals surface area (Å²) < 4.78 is 11.1. The lowest BCUT2D eigenvalue weighted by molar-refractivity contribution is -0.0988. The first-order valence-electron chi connectivity index (χ1n) is 5.74. The summed E-state index contributed by atoms with van der Waals surface area (Å²) in [5.41, 5.74) is 0. The van der Waals surface area contributed by atoms with E-state index in [0.29, 0.717) is 12.0 Å². The van der Waals surface area contributed by atoms with Gasteiger partial charge in [-0.3, -0.25) is 0 Å². The van der Waals surface area contributed by atoms with Crippen molar-refractivity contribution in [2.75, 3.05) is 26.3 Å². The van der Waals surface area contributed by atoms with Crippen LogP contribution in [-0.2, 0) is 9.47 Å². The average Bonchev–Trinajstić information content (AvgIpc) is 2.71. The minimum atomic E-state index is 0.101. The van der Waals surface area contributed by atoms with Crippen LogP contribution in [0.4, 0.5) is 0 Å². The highest BCUT2D eigenvalue weighted by molar-refractivity contribution is 4.77. The summed E-state index contributed by atoms with van der Waals surface area (Å²) in [4.78, 5) is 2.53. The van der Waals surface area contributed by atoms with Crippen molar-refractivity contribution in [1.82, 2.24) is 4.90 Å². The molecule has 2 fully saturated rings. The van der Waals surface area contributed by atoms with Crippen LogP contribution in [0.25, 0.3) is 0 Å². The molecule has 2 heterocycles. The molecule has 0 radical (unpaired) electrons. The van der Waals surface area contributed by atoms with Gasteiger partial charge in [-0.15, -0.1) is 0 Å². The Labute approximate surface area is 86.4 Å². The molecule has 82 valence electrons. The molecule has 0 aliphatic carbocycles. The van der Waals surface area contributed by atoms with Crippen LogP contribution >= 0.6 is 0 Å². The maximum absolute atomic E-state index is 5.55. The van der Waals surface area contributed by atoms with Crippen LogP contribution in [0, 0.1) is 5.92 Å². The minimum absolute atomic E-state index is 0.101. The lowest BCUT2D eigenvalue weighted by atomic mass is 9.95. The van der Waals surface area contributed by atoms with E-state index in [-0.39, 0.29) is 6.29 Å². The Morgan fingerprint density at radius 1 is 1.07 bits per heavy atom. The standard InChI is InChI=1S/C11H21NO2/c1-9(2)12-5-3-10(4-6-12)11-13-7-8-14-11/h9-11H,3-8H2,1-2H3. The lowest BCUT2D eigenvalue weighted by Crippen LogP contribution is -2.41. The van der Waals surface area contributed by atoms with E-state index >= 15 is 0 Å². The van der Waals surface area contributed by atoms with Crippen LogP contribution < -0.4 is 0 Å². The highest BCUT2D eigenvalue weighted by atomic mass is 16.7. The molecule has 0 aromatic rings. The van der Waals surface area contributed by atoms with E-state index in [1.807, 2.05) is 0 Å². The molecular weight excluding hydrogens is 178 g/mol. The largest absolute Gasteiger partial charge is 0.350 e. The molecule has 2 aliphatic heterocycles. The van der Waals surface area contributed by atoms with Gasteiger partial charge >= 0.3 is 0 Å². The van der Waals surface area contributed by atoms with E-state index in [2.05, 4.69) is 18.7 Å². The summed E-state index contributed by atoms with van der Waals surface area (Å²) in [6, 6.07) is 0.682. The molecule has 0 bridgehead atoms. The summed E-state index contributed by atoms with van der Waals surface area (Å²) in [5.74, 6) is 0.632. The van der Waals surface area contributed by atoms with Crippen LogP contribution in [0.5, 0.6) is 0 Å². The smallest absolute Gasteiger partial charge is 0.160 e. The number of ether oxygens (including phenoxy) is 2. The number of hydrogen-bond acceptors (Lipinski definition) is 3. The summed E-state index contributed by atoms with van der Waals surface area (Å²) in [7, 11) is 0. The lowest BCUT2D eigenvalue weighted by Gasteiger charge is -2.36. The second-order valence-electron chi connectivity index (χ2n) is 4.58. The minimum Gasteiger partial charge on any atom is -0.350 e. The van der Waals surface area contributed by atoms with Crippen molar-refractivity contribution < 1.29 is 9.47 Å². The molecule has 2 aliphatic rings. The molecule has 2 saturated heterocycles. The Bertz CT molecular complexity index is 170. The summed E-state index contributed by atoms with van der Waals surface area (Å²) in [6.45, 7) is 8.51. The van der Waals surface area contributed by atoms with Crippen LogP contribution in [0.3, 0.4) is 0 Å². The number of hydrogen-bond donors (Lipinski definition) is 0. The normalized spacial score (nSPS) is 27.6. The van der Waals surface area contributed by atoms with E-state index in [0.717, 1.165) is 13.2 Å². The predicted molar refractivity (Wildman–Crippen MR) is 55.1 cm³/mol. The van der Waals surface area contributed by atoms with Gasteiger partial charge in [-0.25, -0.2) is 0 Å². The average molecular weight is 199 g/mol. The highest BCUT2D eigenvalue weighted by Gasteiger charge is 2.30. The monoisotopic (exact) mass is 199 g/mol. The third-order valence-corrected chi connectivity index (χ3v) is 3.34. The molecule has 14 heavy (non-hydrogen) atoms. The molecule has 0 atom stereocenters. The van der Waals surface area contributed by atoms with Gasteiger partial charge in [-0.05, 0) is 39.8 Å². The van der Waals surface area contributed by atoms with Gasteiger partial charge in [0.1, 0.15) is 0 Å². The Balaban J connectivity index is 1.77. The van der Waals surface area contributed by atoms with Gasteiger partial charge in [0.05, 0.1) is 13.2 Å². The molecule has 0 aromatic carbocycles. The van der Waals surface area contributed by atoms with Gasteiger partial charge in [0.2, 0.25) is 0 Å². The van der Waals surface area contributed by atoms with E-state index in [9.17, 15) is 0 Å². The van der Waals surface area contributed by atoms with Crippen molar-refractivity contribution in [3.63, 3.8) is 0 Å². The van der Waals surface area contributed by atoms with Crippen molar-refractivity contribution in [1.29, 1.82) is 0 Å². The third-order valence-electron chi connectivity index (χ3n) is 3.34. The zero-order chi connectivity index (χ0) is 9.97. The fraction of sp³-hybridized carbons (Fsp3) is 1.00. The zero-order valence-corrected chi connectivity index (χ0v) is 9.24. The molecule has 3 nitrogen and oxygen atoms in total. The van der Waals surface area contributed by atoms with Gasteiger partial charge < -0.3 is 14.4 Å². The molecule has 3 heteroatoms. The number of piperidine rings is 1. The van der Waals surface area contributed by atoms with Crippen molar-refractivity contribution in [3.05, 3.63) is 0 Å². The number of rotatable bonds is 2. The van der Waals surface area contributed by atoms with E-state index in [1.165, 1.54) is 25.9 Å². The summed E-state index contributed by atoms with van der Waals surface area (Å²) in [6.07, 6.45) is 2.55. The Morgan fingerprint density at radius 2 is 1.64 bits per heavy atom. The SMILES string of the molecule is CC(C)N1CCC(C2OCCO2)CC1. The molecule has 0 aromatic heterocycles. The molecule has 0 amide bonds. The molecule has 0 spiro atoms. The molecule has 0 N–H and O–H groups in total. The van der Waals surface area contributed by atoms with Gasteiger partial charge in [-0.1, -0.05) is 0 Å². The van der Waals surface area contributed by atoms with Crippen molar-refractivity contribution in [2.24, 2.45) is 5.92 Å². The summed E-state index contributed by atoms with van der Waals surface area (Å²) in [5, 5.41) is 0. The second-order valence-corrected chi connectivity index (χ2v) is 4.58. The maximum Gasteiger partial charge on any atom is 0.160 e. The van der Waals surface area contributed by atoms with E-state index in [1.54, 1.807) is 0 Å². The highest BCUT2D eigenvalue weighted by Crippen LogP contribution is 2.26. The first-order chi connectivity index (χ1) is 6.77. The first-order valence-corrected chi connectivity index (χ1v) is 5.74. The molecular formula is C11H21NO2. The second kappa shape index (κ2) is 4.60. The molecule has 0 unspecified atom stereocenters. The van der Waals surface area contributed by atoms with Crippen LogP contribution in [-0.4, -0.2) is 43.5 Å².